The van der Waals surface area contributed by atoms with Crippen LogP contribution in [0.5, 0.6) is 0 Å². The largest absolute Gasteiger partial charge is 0.370 e. The summed E-state index contributed by atoms with van der Waals surface area (Å²) in [7, 11) is 0. The first-order valence-corrected chi connectivity index (χ1v) is 15.0. The number of hydrogen-bond acceptors (Lipinski definition) is 7. The van der Waals surface area contributed by atoms with Gasteiger partial charge in [-0.05, 0) is 43.1 Å². The van der Waals surface area contributed by atoms with Crippen LogP contribution in [0.4, 0.5) is 0 Å². The van der Waals surface area contributed by atoms with E-state index in [9.17, 15) is 24.0 Å². The number of guanidine groups is 1. The summed E-state index contributed by atoms with van der Waals surface area (Å²) in [5.74, 6) is -2.88. The Hall–Kier alpha value is -4.20. The lowest BCUT2D eigenvalue weighted by Crippen LogP contribution is -2.58. The number of amides is 5. The van der Waals surface area contributed by atoms with Crippen LogP contribution in [0.2, 0.25) is 0 Å². The third-order valence-corrected chi connectivity index (χ3v) is 6.59. The van der Waals surface area contributed by atoms with Gasteiger partial charge in [0, 0.05) is 25.9 Å². The number of benzene rings is 1. The molecule has 1 aromatic carbocycles. The summed E-state index contributed by atoms with van der Waals surface area (Å²) >= 11 is 0. The number of nitrogens with two attached hydrogens (primary N) is 4. The SMILES string of the molecule is CC(C)C[C@H](NC(=O)[C@H](CC(C)C)NC(=O)[C@H](Cc1ccccc1)NC(=O)CCN)C(=O)N[C@@H](CCCN=C(N)N)C(N)=O. The van der Waals surface area contributed by atoms with Gasteiger partial charge in [0.25, 0.3) is 0 Å². The van der Waals surface area contributed by atoms with Crippen LogP contribution in [0, 0.1) is 11.8 Å². The average molecular weight is 618 g/mol. The Bertz CT molecular complexity index is 1110. The summed E-state index contributed by atoms with van der Waals surface area (Å²) in [6, 6.07) is 5.22. The molecule has 0 saturated heterocycles. The number of carbonyl (C=O) groups excluding carboxylic acids is 5. The van der Waals surface area contributed by atoms with Gasteiger partial charge in [0.15, 0.2) is 5.96 Å². The van der Waals surface area contributed by atoms with E-state index in [4.69, 9.17) is 22.9 Å². The number of primary amides is 1. The van der Waals surface area contributed by atoms with Crippen LogP contribution in [0.1, 0.15) is 65.4 Å². The topological polar surface area (TPSA) is 250 Å². The molecule has 0 aliphatic heterocycles. The highest BCUT2D eigenvalue weighted by atomic mass is 16.2. The van der Waals surface area contributed by atoms with Gasteiger partial charge in [0.2, 0.25) is 29.5 Å². The van der Waals surface area contributed by atoms with Crippen LogP contribution in [0.25, 0.3) is 0 Å². The molecule has 0 spiro atoms. The van der Waals surface area contributed by atoms with Crippen molar-refractivity contribution in [3.63, 3.8) is 0 Å². The molecule has 5 amide bonds. The minimum absolute atomic E-state index is 0.00564. The van der Waals surface area contributed by atoms with Gasteiger partial charge in [-0.3, -0.25) is 29.0 Å². The first kappa shape index (κ1) is 37.8. The first-order valence-electron chi connectivity index (χ1n) is 15.0. The van der Waals surface area contributed by atoms with Crippen LogP contribution in [-0.4, -0.2) is 72.8 Å². The molecule has 246 valence electrons. The second-order valence-corrected chi connectivity index (χ2v) is 11.6. The summed E-state index contributed by atoms with van der Waals surface area (Å²) < 4.78 is 0. The van der Waals surface area contributed by atoms with E-state index in [1.54, 1.807) is 0 Å². The molecule has 0 aromatic heterocycles. The molecule has 14 heteroatoms. The molecule has 0 aliphatic carbocycles. The zero-order valence-corrected chi connectivity index (χ0v) is 26.3. The normalized spacial score (nSPS) is 13.7. The van der Waals surface area contributed by atoms with E-state index in [-0.39, 0.29) is 68.9 Å². The number of aliphatic imine (C=N–C) groups is 1. The average Bonchev–Trinajstić information content (AvgIpc) is 2.93. The fourth-order valence-electron chi connectivity index (χ4n) is 4.47. The highest BCUT2D eigenvalue weighted by molar-refractivity contribution is 5.95. The maximum atomic E-state index is 13.6. The molecule has 14 nitrogen and oxygen atoms in total. The number of carbonyl (C=O) groups is 5. The molecule has 44 heavy (non-hydrogen) atoms. The molecule has 0 heterocycles. The minimum Gasteiger partial charge on any atom is -0.370 e. The van der Waals surface area contributed by atoms with E-state index < -0.39 is 47.8 Å². The molecule has 0 radical (unpaired) electrons. The summed E-state index contributed by atoms with van der Waals surface area (Å²) in [5, 5.41) is 10.9. The molecular weight excluding hydrogens is 566 g/mol. The summed E-state index contributed by atoms with van der Waals surface area (Å²) in [4.78, 5) is 68.6. The van der Waals surface area contributed by atoms with Gasteiger partial charge in [-0.2, -0.15) is 0 Å². The van der Waals surface area contributed by atoms with Crippen LogP contribution in [0.15, 0.2) is 35.3 Å². The van der Waals surface area contributed by atoms with Gasteiger partial charge in [0.05, 0.1) is 0 Å². The fraction of sp³-hybridized carbons (Fsp3) is 0.600. The minimum atomic E-state index is -1.00. The predicted molar refractivity (Wildman–Crippen MR) is 170 cm³/mol. The smallest absolute Gasteiger partial charge is 0.243 e. The van der Waals surface area contributed by atoms with Gasteiger partial charge in [-0.1, -0.05) is 58.0 Å². The van der Waals surface area contributed by atoms with Crippen molar-refractivity contribution >= 4 is 35.5 Å². The Morgan fingerprint density at radius 1 is 0.727 bits per heavy atom. The molecule has 1 aromatic rings. The lowest BCUT2D eigenvalue weighted by Gasteiger charge is -2.27. The lowest BCUT2D eigenvalue weighted by atomic mass is 9.99. The van der Waals surface area contributed by atoms with E-state index in [0.717, 1.165) is 5.56 Å². The molecule has 0 fully saturated rings. The molecular formula is C30H51N9O5. The van der Waals surface area contributed by atoms with Gasteiger partial charge in [0.1, 0.15) is 24.2 Å². The Balaban J connectivity index is 3.11. The van der Waals surface area contributed by atoms with Crippen molar-refractivity contribution in [3.8, 4) is 0 Å². The highest BCUT2D eigenvalue weighted by Gasteiger charge is 2.31. The standard InChI is InChI=1S/C30H51N9O5/c1-18(2)15-22(27(42)37-21(26(32)41)11-8-14-35-30(33)34)38-28(43)23(16-19(3)4)39-29(44)24(36-25(40)12-13-31)17-20-9-6-5-7-10-20/h5-7,9-10,18-19,21-24H,8,11-17,31H2,1-4H3,(H2,32,41)(H,36,40)(H,37,42)(H,38,43)(H,39,44)(H4,33,34,35)/t21-,22-,23-,24-/m0/s1. The second-order valence-electron chi connectivity index (χ2n) is 11.6. The zero-order chi connectivity index (χ0) is 33.2. The molecule has 0 saturated carbocycles. The Morgan fingerprint density at radius 2 is 1.23 bits per heavy atom. The van der Waals surface area contributed by atoms with E-state index in [2.05, 4.69) is 26.3 Å². The third-order valence-electron chi connectivity index (χ3n) is 6.59. The summed E-state index contributed by atoms with van der Waals surface area (Å²) in [5.41, 5.74) is 22.5. The maximum absolute atomic E-state index is 13.6. The molecule has 0 unspecified atom stereocenters. The van der Waals surface area contributed by atoms with E-state index in [0.29, 0.717) is 6.42 Å². The van der Waals surface area contributed by atoms with Crippen molar-refractivity contribution in [2.75, 3.05) is 13.1 Å². The maximum Gasteiger partial charge on any atom is 0.243 e. The van der Waals surface area contributed by atoms with Gasteiger partial charge < -0.3 is 44.2 Å². The number of hydrogen-bond donors (Lipinski definition) is 8. The summed E-state index contributed by atoms with van der Waals surface area (Å²) in [6.45, 7) is 7.94. The van der Waals surface area contributed by atoms with Crippen molar-refractivity contribution in [3.05, 3.63) is 35.9 Å². The van der Waals surface area contributed by atoms with Gasteiger partial charge >= 0.3 is 0 Å². The number of nitrogens with zero attached hydrogens (tertiary/aromatic N) is 1. The first-order chi connectivity index (χ1) is 20.7. The number of nitrogens with one attached hydrogen (secondary N) is 4. The van der Waals surface area contributed by atoms with Crippen LogP contribution in [0.3, 0.4) is 0 Å². The summed E-state index contributed by atoms with van der Waals surface area (Å²) in [6.07, 6.45) is 1.38. The van der Waals surface area contributed by atoms with Crippen LogP contribution in [-0.2, 0) is 30.4 Å². The molecule has 0 aliphatic rings. The molecule has 0 bridgehead atoms. The Labute approximate surface area is 259 Å². The van der Waals surface area contributed by atoms with Crippen molar-refractivity contribution in [1.82, 2.24) is 21.3 Å². The van der Waals surface area contributed by atoms with Crippen molar-refractivity contribution < 1.29 is 24.0 Å². The zero-order valence-electron chi connectivity index (χ0n) is 26.3. The quantitative estimate of drug-likeness (QED) is 0.0518. The highest BCUT2D eigenvalue weighted by Crippen LogP contribution is 2.11. The van der Waals surface area contributed by atoms with Gasteiger partial charge in [-0.15, -0.1) is 0 Å². The fourth-order valence-corrected chi connectivity index (χ4v) is 4.47. The third kappa shape index (κ3) is 15.3. The molecule has 4 atom stereocenters. The van der Waals surface area contributed by atoms with Crippen LogP contribution < -0.4 is 44.2 Å². The monoisotopic (exact) mass is 617 g/mol. The molecule has 12 N–H and O–H groups in total. The van der Waals surface area contributed by atoms with Crippen molar-refractivity contribution in [2.24, 2.45) is 39.8 Å². The second kappa shape index (κ2) is 19.9. The molecule has 1 rings (SSSR count). The van der Waals surface area contributed by atoms with Crippen LogP contribution >= 0.6 is 0 Å². The lowest BCUT2D eigenvalue weighted by molar-refractivity contribution is -0.134. The Morgan fingerprint density at radius 3 is 1.68 bits per heavy atom. The number of rotatable bonds is 20. The van der Waals surface area contributed by atoms with E-state index in [1.807, 2.05) is 58.0 Å². The van der Waals surface area contributed by atoms with Crippen molar-refractivity contribution in [2.45, 2.75) is 90.4 Å². The van der Waals surface area contributed by atoms with E-state index in [1.165, 1.54) is 0 Å². The Kier molecular flexibility index (Phi) is 17.1. The van der Waals surface area contributed by atoms with Crippen molar-refractivity contribution in [1.29, 1.82) is 0 Å². The predicted octanol–water partition coefficient (Wildman–Crippen LogP) is -0.852. The van der Waals surface area contributed by atoms with E-state index >= 15 is 0 Å². The van der Waals surface area contributed by atoms with Gasteiger partial charge in [-0.25, -0.2) is 0 Å².